The van der Waals surface area contributed by atoms with Crippen molar-refractivity contribution < 1.29 is 19.4 Å². The first-order valence-corrected chi connectivity index (χ1v) is 19.0. The molecule has 3 N–H and O–H groups in total. The maximum absolute atomic E-state index is 13.3. The third kappa shape index (κ3) is 9.78. The number of aryl methyl sites for hydroxylation is 1. The largest absolute Gasteiger partial charge is 0.504 e. The van der Waals surface area contributed by atoms with Crippen LogP contribution in [0.5, 0.6) is 5.75 Å². The smallest absolute Gasteiger partial charge is 0.270 e. The fourth-order valence-corrected chi connectivity index (χ4v) is 5.61. The topological polar surface area (TPSA) is 136 Å². The number of nitrogens with one attached hydrogen (secondary N) is 2. The summed E-state index contributed by atoms with van der Waals surface area (Å²) >= 11 is 11.8. The highest BCUT2D eigenvalue weighted by Crippen LogP contribution is 2.32. The van der Waals surface area contributed by atoms with Gasteiger partial charge in [-0.3, -0.25) is 14.3 Å². The highest BCUT2D eigenvalue weighted by molar-refractivity contribution is 6.76. The van der Waals surface area contributed by atoms with Crippen LogP contribution in [0.2, 0.25) is 25.7 Å². The summed E-state index contributed by atoms with van der Waals surface area (Å²) < 4.78 is 9.25. The molecule has 0 saturated heterocycles. The first-order chi connectivity index (χ1) is 20.2. The summed E-state index contributed by atoms with van der Waals surface area (Å²) in [5.74, 6) is -1.21. The molecular weight excluding hydrogens is 609 g/mol. The summed E-state index contributed by atoms with van der Waals surface area (Å²) in [6.45, 7) is 15.6. The van der Waals surface area contributed by atoms with Crippen LogP contribution in [0.1, 0.15) is 61.0 Å². The van der Waals surface area contributed by atoms with Gasteiger partial charge in [0.15, 0.2) is 11.6 Å². The number of ether oxygens (including phenoxy) is 1. The average molecular weight is 653 g/mol. The Bertz CT molecular complexity index is 1400. The molecular formula is C29H43Cl2N7O4Si. The molecule has 0 aliphatic rings. The number of aromatic hydroxyl groups is 1. The maximum Gasteiger partial charge on any atom is 0.270 e. The molecule has 0 bridgehead atoms. The zero-order chi connectivity index (χ0) is 31.9. The Labute approximate surface area is 264 Å². The molecule has 1 atom stereocenters. The summed E-state index contributed by atoms with van der Waals surface area (Å²) in [4.78, 5) is 30.1. The van der Waals surface area contributed by atoms with Crippen LogP contribution in [0.25, 0.3) is 11.1 Å². The first kappa shape index (κ1) is 34.6. The van der Waals surface area contributed by atoms with Crippen molar-refractivity contribution in [2.45, 2.75) is 96.3 Å². The monoisotopic (exact) mass is 651 g/mol. The van der Waals surface area contributed by atoms with Gasteiger partial charge in [-0.05, 0) is 65.1 Å². The van der Waals surface area contributed by atoms with Gasteiger partial charge in [-0.1, -0.05) is 19.6 Å². The van der Waals surface area contributed by atoms with E-state index in [1.165, 1.54) is 12.3 Å². The minimum Gasteiger partial charge on any atom is -0.504 e. The van der Waals surface area contributed by atoms with Gasteiger partial charge in [0.05, 0.1) is 5.69 Å². The molecule has 11 nitrogen and oxygen atoms in total. The van der Waals surface area contributed by atoms with Crippen molar-refractivity contribution in [1.29, 1.82) is 0 Å². The van der Waals surface area contributed by atoms with Gasteiger partial charge in [0, 0.05) is 49.9 Å². The molecule has 0 aliphatic heterocycles. The molecule has 43 heavy (non-hydrogen) atoms. The molecule has 3 heterocycles. The number of hydrogen-bond donors (Lipinski definition) is 3. The van der Waals surface area contributed by atoms with Gasteiger partial charge in [0.25, 0.3) is 5.91 Å². The fourth-order valence-electron chi connectivity index (χ4n) is 4.54. The van der Waals surface area contributed by atoms with Crippen LogP contribution in [-0.4, -0.2) is 67.0 Å². The lowest BCUT2D eigenvalue weighted by Crippen LogP contribution is -2.44. The van der Waals surface area contributed by atoms with Crippen molar-refractivity contribution in [2.24, 2.45) is 0 Å². The van der Waals surface area contributed by atoms with E-state index in [-0.39, 0.29) is 24.0 Å². The van der Waals surface area contributed by atoms with Gasteiger partial charge in [-0.15, -0.1) is 23.2 Å². The predicted molar refractivity (Wildman–Crippen MR) is 173 cm³/mol. The zero-order valence-corrected chi connectivity index (χ0v) is 28.5. The van der Waals surface area contributed by atoms with E-state index >= 15 is 0 Å². The number of carbonyl (C=O) groups excluding carboxylic acids is 2. The molecule has 0 radical (unpaired) electrons. The van der Waals surface area contributed by atoms with Crippen LogP contribution in [0.3, 0.4) is 0 Å². The number of pyridine rings is 1. The van der Waals surface area contributed by atoms with E-state index in [1.807, 2.05) is 27.7 Å². The summed E-state index contributed by atoms with van der Waals surface area (Å²) in [5.41, 5.74) is 3.46. The van der Waals surface area contributed by atoms with Crippen LogP contribution in [0.4, 0.5) is 5.82 Å². The van der Waals surface area contributed by atoms with Crippen LogP contribution < -0.4 is 10.6 Å². The van der Waals surface area contributed by atoms with E-state index in [1.54, 1.807) is 21.6 Å². The van der Waals surface area contributed by atoms with Crippen LogP contribution in [-0.2, 0) is 16.3 Å². The van der Waals surface area contributed by atoms with Crippen LogP contribution >= 0.6 is 23.2 Å². The second-order valence-electron chi connectivity index (χ2n) is 12.1. The second kappa shape index (κ2) is 15.2. The number of aromatic nitrogens is 5. The Hall–Kier alpha value is -2.93. The van der Waals surface area contributed by atoms with Crippen molar-refractivity contribution in [1.82, 2.24) is 29.9 Å². The van der Waals surface area contributed by atoms with Crippen LogP contribution in [0, 0.1) is 13.8 Å². The quantitative estimate of drug-likeness (QED) is 0.103. The van der Waals surface area contributed by atoms with E-state index in [2.05, 4.69) is 45.5 Å². The van der Waals surface area contributed by atoms with E-state index < -0.39 is 30.8 Å². The average Bonchev–Trinajstić information content (AvgIpc) is 3.51. The van der Waals surface area contributed by atoms with Crippen molar-refractivity contribution in [3.05, 3.63) is 41.6 Å². The van der Waals surface area contributed by atoms with Crippen molar-refractivity contribution in [3.63, 3.8) is 0 Å². The van der Waals surface area contributed by atoms with Crippen molar-refractivity contribution >= 4 is 48.9 Å². The van der Waals surface area contributed by atoms with E-state index in [0.29, 0.717) is 37.4 Å². The third-order valence-electron chi connectivity index (χ3n) is 6.92. The van der Waals surface area contributed by atoms with Gasteiger partial charge in [-0.25, -0.2) is 9.67 Å². The standard InChI is InChI=1S/C29H43Cl2N7O4Si/c1-18(2)38-23(11-12-33-38)29(41)34-22(9-8-10-25(30)31)28(40)35-27-24(39)15-21(16-32-27)26-19(3)36-37(20(26)4)17-42-13-14-43(5,6)7/h11-12,15-16,18,22,25,39H,8-10,13-14,17H2,1-7H3,(H,34,41)(H,32,35,40)/t22-/m0/s1. The lowest BCUT2D eigenvalue weighted by Gasteiger charge is -2.20. The molecule has 0 aromatic carbocycles. The third-order valence-corrected chi connectivity index (χ3v) is 9.06. The highest BCUT2D eigenvalue weighted by atomic mass is 35.5. The summed E-state index contributed by atoms with van der Waals surface area (Å²) in [6, 6.07) is 3.22. The van der Waals surface area contributed by atoms with Gasteiger partial charge < -0.3 is 20.5 Å². The summed E-state index contributed by atoms with van der Waals surface area (Å²) in [6.07, 6.45) is 4.32. The fraction of sp³-hybridized carbons (Fsp3) is 0.552. The lowest BCUT2D eigenvalue weighted by atomic mass is 10.1. The summed E-state index contributed by atoms with van der Waals surface area (Å²) in [7, 11) is -1.19. The lowest BCUT2D eigenvalue weighted by molar-refractivity contribution is -0.118. The van der Waals surface area contributed by atoms with Gasteiger partial charge in [-0.2, -0.15) is 10.2 Å². The molecule has 3 aromatic rings. The number of amides is 2. The Morgan fingerprint density at radius 1 is 1.16 bits per heavy atom. The van der Waals surface area contributed by atoms with Gasteiger partial charge >= 0.3 is 0 Å². The Kier molecular flexibility index (Phi) is 12.2. The number of halogens is 2. The molecule has 2 amide bonds. The normalized spacial score (nSPS) is 12.6. The zero-order valence-electron chi connectivity index (χ0n) is 25.9. The van der Waals surface area contributed by atoms with Crippen molar-refractivity contribution in [2.75, 3.05) is 11.9 Å². The van der Waals surface area contributed by atoms with Crippen LogP contribution in [0.15, 0.2) is 24.5 Å². The number of nitrogens with zero attached hydrogens (tertiary/aromatic N) is 5. The number of carbonyl (C=O) groups is 2. The van der Waals surface area contributed by atoms with Gasteiger partial charge in [0.1, 0.15) is 23.3 Å². The van der Waals surface area contributed by atoms with E-state index in [9.17, 15) is 14.7 Å². The van der Waals surface area contributed by atoms with E-state index in [0.717, 1.165) is 23.0 Å². The number of alkyl halides is 2. The predicted octanol–water partition coefficient (Wildman–Crippen LogP) is 6.07. The minimum atomic E-state index is -1.19. The molecule has 0 spiro atoms. The number of anilines is 1. The molecule has 0 aliphatic carbocycles. The second-order valence-corrected chi connectivity index (χ2v) is 19.0. The maximum atomic E-state index is 13.3. The molecule has 3 aromatic heterocycles. The number of hydrogen-bond acceptors (Lipinski definition) is 7. The first-order valence-electron chi connectivity index (χ1n) is 14.4. The Morgan fingerprint density at radius 2 is 1.88 bits per heavy atom. The molecule has 0 saturated carbocycles. The van der Waals surface area contributed by atoms with Crippen molar-refractivity contribution in [3.8, 4) is 16.9 Å². The Balaban J connectivity index is 1.74. The Morgan fingerprint density at radius 3 is 2.51 bits per heavy atom. The number of rotatable bonds is 15. The molecule has 0 unspecified atom stereocenters. The van der Waals surface area contributed by atoms with E-state index in [4.69, 9.17) is 27.9 Å². The minimum absolute atomic E-state index is 0.0230. The molecule has 0 fully saturated rings. The molecule has 14 heteroatoms. The summed E-state index contributed by atoms with van der Waals surface area (Å²) in [5, 5.41) is 25.1. The highest BCUT2D eigenvalue weighted by Gasteiger charge is 2.25. The molecule has 3 rings (SSSR count). The van der Waals surface area contributed by atoms with Gasteiger partial charge in [0.2, 0.25) is 5.91 Å². The SMILES string of the molecule is Cc1nn(COCC[Si](C)(C)C)c(C)c1-c1cnc(NC(=O)[C@H](CCCC(Cl)Cl)NC(=O)c2ccnn2C(C)C)c(O)c1. The molecule has 236 valence electrons.